The maximum absolute atomic E-state index is 5.94. The molecule has 2 heterocycles. The van der Waals surface area contributed by atoms with Crippen LogP contribution in [0.1, 0.15) is 53.3 Å². The average molecular weight is 269 g/mol. The lowest BCUT2D eigenvalue weighted by Gasteiger charge is -2.18. The van der Waals surface area contributed by atoms with Crippen molar-refractivity contribution in [2.24, 2.45) is 0 Å². The molecule has 0 amide bonds. The minimum atomic E-state index is -0.221. The zero-order valence-corrected chi connectivity index (χ0v) is 11.1. The quantitative estimate of drug-likeness (QED) is 0.776. The fourth-order valence-corrected chi connectivity index (χ4v) is 3.37. The monoisotopic (exact) mass is 268 g/mol. The Kier molecular flexibility index (Phi) is 2.92. The van der Waals surface area contributed by atoms with Crippen molar-refractivity contribution in [2.45, 2.75) is 37.5 Å². The van der Waals surface area contributed by atoms with Gasteiger partial charge in [0, 0.05) is 4.88 Å². The molecule has 0 saturated heterocycles. The van der Waals surface area contributed by atoms with Gasteiger partial charge in [0.25, 0.3) is 0 Å². The molecule has 1 aliphatic rings. The molecule has 5 heteroatoms. The molecule has 0 radical (unpaired) electrons. The summed E-state index contributed by atoms with van der Waals surface area (Å²) in [7, 11) is 0. The summed E-state index contributed by atoms with van der Waals surface area (Å²) in [6.45, 7) is 1.84. The first kappa shape index (κ1) is 11.2. The highest BCUT2D eigenvalue weighted by molar-refractivity contribution is 7.10. The van der Waals surface area contributed by atoms with Crippen LogP contribution in [0.25, 0.3) is 0 Å². The van der Waals surface area contributed by atoms with Gasteiger partial charge in [0.05, 0.1) is 5.92 Å². The van der Waals surface area contributed by atoms with Crippen LogP contribution in [0.15, 0.2) is 15.9 Å². The number of hydrogen-bond acceptors (Lipinski definition) is 4. The topological polar surface area (TPSA) is 38.9 Å². The molecule has 0 N–H and O–H groups in total. The van der Waals surface area contributed by atoms with Crippen molar-refractivity contribution >= 4 is 22.9 Å². The fourth-order valence-electron chi connectivity index (χ4n) is 2.29. The summed E-state index contributed by atoms with van der Waals surface area (Å²) in [5.74, 6) is 1.50. The van der Waals surface area contributed by atoms with Gasteiger partial charge in [-0.1, -0.05) is 0 Å². The van der Waals surface area contributed by atoms with Crippen LogP contribution in [-0.4, -0.2) is 10.2 Å². The Bertz CT molecular complexity index is 520. The van der Waals surface area contributed by atoms with Crippen molar-refractivity contribution < 1.29 is 4.42 Å². The van der Waals surface area contributed by atoms with Gasteiger partial charge in [0.15, 0.2) is 0 Å². The molecular formula is C12H13ClN2OS. The second-order valence-corrected chi connectivity index (χ2v) is 5.99. The fraction of sp³-hybridized carbons (Fsp3) is 0.500. The molecule has 0 bridgehead atoms. The van der Waals surface area contributed by atoms with Gasteiger partial charge in [-0.15, -0.1) is 33.1 Å². The highest BCUT2D eigenvalue weighted by Crippen LogP contribution is 2.39. The largest absolute Gasteiger partial charge is 0.423 e. The van der Waals surface area contributed by atoms with E-state index < -0.39 is 0 Å². The highest BCUT2D eigenvalue weighted by Gasteiger charge is 2.27. The van der Waals surface area contributed by atoms with E-state index in [-0.39, 0.29) is 11.3 Å². The van der Waals surface area contributed by atoms with Crippen molar-refractivity contribution in [3.63, 3.8) is 0 Å². The molecule has 2 aromatic rings. The zero-order valence-electron chi connectivity index (χ0n) is 9.52. The third kappa shape index (κ3) is 2.00. The molecule has 0 saturated carbocycles. The van der Waals surface area contributed by atoms with E-state index in [1.807, 2.05) is 18.3 Å². The van der Waals surface area contributed by atoms with Gasteiger partial charge in [-0.05, 0) is 43.2 Å². The van der Waals surface area contributed by atoms with Crippen LogP contribution < -0.4 is 0 Å². The van der Waals surface area contributed by atoms with Gasteiger partial charge in [-0.3, -0.25) is 0 Å². The SMILES string of the molecule is CC(Cl)c1nnc(C2CCCc3sccc32)o1. The van der Waals surface area contributed by atoms with Crippen LogP contribution in [0.2, 0.25) is 0 Å². The maximum Gasteiger partial charge on any atom is 0.234 e. The summed E-state index contributed by atoms with van der Waals surface area (Å²) in [5, 5.41) is 10.1. The number of rotatable bonds is 2. The number of aromatic nitrogens is 2. The molecule has 17 heavy (non-hydrogen) atoms. The zero-order chi connectivity index (χ0) is 11.8. The molecule has 0 aliphatic heterocycles. The number of thiophene rings is 1. The molecular weight excluding hydrogens is 256 g/mol. The van der Waals surface area contributed by atoms with Crippen molar-refractivity contribution in [1.82, 2.24) is 10.2 Å². The summed E-state index contributed by atoms with van der Waals surface area (Å²) >= 11 is 7.76. The predicted molar refractivity (Wildman–Crippen MR) is 67.7 cm³/mol. The van der Waals surface area contributed by atoms with Gasteiger partial charge in [0.1, 0.15) is 5.38 Å². The summed E-state index contributed by atoms with van der Waals surface area (Å²) in [6, 6.07) is 2.18. The van der Waals surface area contributed by atoms with Crippen LogP contribution in [0.5, 0.6) is 0 Å². The van der Waals surface area contributed by atoms with Gasteiger partial charge in [0.2, 0.25) is 11.8 Å². The van der Waals surface area contributed by atoms with Crippen molar-refractivity contribution in [3.05, 3.63) is 33.7 Å². The normalized spacial score (nSPS) is 21.2. The Hall–Kier alpha value is -0.870. The van der Waals surface area contributed by atoms with Crippen LogP contribution in [0.3, 0.4) is 0 Å². The second-order valence-electron chi connectivity index (χ2n) is 4.34. The molecule has 3 nitrogen and oxygen atoms in total. The Morgan fingerprint density at radius 2 is 2.41 bits per heavy atom. The molecule has 0 fully saturated rings. The molecule has 1 aliphatic carbocycles. The first-order chi connectivity index (χ1) is 8.25. The number of fused-ring (bicyclic) bond motifs is 1. The maximum atomic E-state index is 5.94. The molecule has 0 aromatic carbocycles. The van der Waals surface area contributed by atoms with Gasteiger partial charge >= 0.3 is 0 Å². The Morgan fingerprint density at radius 3 is 3.18 bits per heavy atom. The van der Waals surface area contributed by atoms with Crippen molar-refractivity contribution in [3.8, 4) is 0 Å². The third-order valence-corrected chi connectivity index (χ3v) is 4.33. The first-order valence-electron chi connectivity index (χ1n) is 5.79. The smallest absolute Gasteiger partial charge is 0.234 e. The first-order valence-corrected chi connectivity index (χ1v) is 7.11. The summed E-state index contributed by atoms with van der Waals surface area (Å²) in [4.78, 5) is 1.46. The van der Waals surface area contributed by atoms with Gasteiger partial charge < -0.3 is 4.42 Å². The van der Waals surface area contributed by atoms with E-state index in [0.717, 1.165) is 6.42 Å². The Morgan fingerprint density at radius 1 is 1.53 bits per heavy atom. The number of hydrogen-bond donors (Lipinski definition) is 0. The van der Waals surface area contributed by atoms with Crippen LogP contribution >= 0.6 is 22.9 Å². The standard InChI is InChI=1S/C12H13ClN2OS/c1-7(13)11-14-15-12(16-11)9-3-2-4-10-8(9)5-6-17-10/h5-7,9H,2-4H2,1H3. The van der Waals surface area contributed by atoms with Crippen LogP contribution in [0.4, 0.5) is 0 Å². The highest BCUT2D eigenvalue weighted by atomic mass is 35.5. The second kappa shape index (κ2) is 4.42. The molecule has 2 unspecified atom stereocenters. The van der Waals surface area contributed by atoms with E-state index in [2.05, 4.69) is 21.6 Å². The third-order valence-electron chi connectivity index (χ3n) is 3.15. The van der Waals surface area contributed by atoms with Crippen molar-refractivity contribution in [1.29, 1.82) is 0 Å². The molecule has 0 spiro atoms. The number of aryl methyl sites for hydroxylation is 1. The van der Waals surface area contributed by atoms with E-state index >= 15 is 0 Å². The Balaban J connectivity index is 1.95. The summed E-state index contributed by atoms with van der Waals surface area (Å²) in [6.07, 6.45) is 3.45. The van der Waals surface area contributed by atoms with Gasteiger partial charge in [-0.2, -0.15) is 0 Å². The van der Waals surface area contributed by atoms with E-state index in [0.29, 0.717) is 11.8 Å². The van der Waals surface area contributed by atoms with Gasteiger partial charge in [-0.25, -0.2) is 0 Å². The summed E-state index contributed by atoms with van der Waals surface area (Å²) in [5.41, 5.74) is 1.36. The lowest BCUT2D eigenvalue weighted by Crippen LogP contribution is -2.08. The molecule has 2 atom stereocenters. The van der Waals surface area contributed by atoms with E-state index in [4.69, 9.17) is 16.0 Å². The van der Waals surface area contributed by atoms with E-state index in [1.165, 1.54) is 23.3 Å². The summed E-state index contributed by atoms with van der Waals surface area (Å²) < 4.78 is 5.66. The Labute approximate surface area is 109 Å². The van der Waals surface area contributed by atoms with Crippen molar-refractivity contribution in [2.75, 3.05) is 0 Å². The number of alkyl halides is 1. The lowest BCUT2D eigenvalue weighted by molar-refractivity contribution is 0.415. The molecule has 90 valence electrons. The minimum absolute atomic E-state index is 0.221. The minimum Gasteiger partial charge on any atom is -0.423 e. The van der Waals surface area contributed by atoms with Crippen LogP contribution in [0, 0.1) is 0 Å². The number of nitrogens with zero attached hydrogens (tertiary/aromatic N) is 2. The van der Waals surface area contributed by atoms with E-state index in [9.17, 15) is 0 Å². The number of halogens is 1. The molecule has 2 aromatic heterocycles. The van der Waals surface area contributed by atoms with E-state index in [1.54, 1.807) is 0 Å². The predicted octanol–water partition coefficient (Wildman–Crippen LogP) is 3.90. The average Bonchev–Trinajstić information content (AvgIpc) is 2.97. The molecule has 3 rings (SSSR count). The van der Waals surface area contributed by atoms with Crippen LogP contribution in [-0.2, 0) is 6.42 Å². The lowest BCUT2D eigenvalue weighted by atomic mass is 9.88.